The molecular formula is C25H21ClN2O2. The van der Waals surface area contributed by atoms with Crippen LogP contribution >= 0.6 is 11.6 Å². The van der Waals surface area contributed by atoms with Gasteiger partial charge < -0.3 is 5.32 Å². The van der Waals surface area contributed by atoms with Crippen LogP contribution < -0.4 is 10.6 Å². The van der Waals surface area contributed by atoms with Crippen LogP contribution in [0.25, 0.3) is 0 Å². The number of anilines is 1. The lowest BCUT2D eigenvalue weighted by atomic mass is 9.70. The first-order chi connectivity index (χ1) is 14.5. The number of hydrogen-bond acceptors (Lipinski definition) is 3. The number of rotatable bonds is 3. The predicted octanol–water partition coefficient (Wildman–Crippen LogP) is 4.82. The van der Waals surface area contributed by atoms with Gasteiger partial charge in [0.05, 0.1) is 5.92 Å². The minimum atomic E-state index is -1.17. The lowest BCUT2D eigenvalue weighted by Crippen LogP contribution is -2.50. The highest BCUT2D eigenvalue weighted by atomic mass is 35.5. The Balaban J connectivity index is 1.77. The molecule has 0 saturated carbocycles. The van der Waals surface area contributed by atoms with Crippen LogP contribution in [0.5, 0.6) is 0 Å². The minimum absolute atomic E-state index is 0.0299. The van der Waals surface area contributed by atoms with Gasteiger partial charge in [0.1, 0.15) is 11.3 Å². The van der Waals surface area contributed by atoms with Gasteiger partial charge in [-0.25, -0.2) is 0 Å². The molecule has 4 nitrogen and oxygen atoms in total. The van der Waals surface area contributed by atoms with Crippen LogP contribution in [0.15, 0.2) is 78.9 Å². The van der Waals surface area contributed by atoms with Crippen LogP contribution in [0.1, 0.15) is 35.6 Å². The quantitative estimate of drug-likeness (QED) is 0.643. The van der Waals surface area contributed by atoms with Gasteiger partial charge >= 0.3 is 0 Å². The molecule has 1 amide bonds. The second-order valence-corrected chi connectivity index (χ2v) is 8.45. The summed E-state index contributed by atoms with van der Waals surface area (Å²) < 4.78 is 0. The van der Waals surface area contributed by atoms with Crippen molar-refractivity contribution in [2.24, 2.45) is 5.92 Å². The number of Topliss-reactive ketones (excluding diaryl/α,β-unsaturated/α-hetero) is 1. The van der Waals surface area contributed by atoms with E-state index in [0.717, 1.165) is 16.7 Å². The smallest absolute Gasteiger partial charge is 0.250 e. The first kappa shape index (κ1) is 19.0. The van der Waals surface area contributed by atoms with E-state index in [1.807, 2.05) is 60.7 Å². The summed E-state index contributed by atoms with van der Waals surface area (Å²) in [6, 6.07) is 25.1. The highest BCUT2D eigenvalue weighted by molar-refractivity contribution is 6.31. The molecule has 2 heterocycles. The van der Waals surface area contributed by atoms with Gasteiger partial charge in [0.15, 0.2) is 0 Å². The molecule has 2 N–H and O–H groups in total. The molecule has 0 unspecified atom stereocenters. The Morgan fingerprint density at radius 3 is 2.20 bits per heavy atom. The van der Waals surface area contributed by atoms with Crippen molar-refractivity contribution in [2.45, 2.75) is 24.4 Å². The zero-order valence-corrected chi connectivity index (χ0v) is 17.2. The fourth-order valence-electron chi connectivity index (χ4n) is 5.20. The largest absolute Gasteiger partial charge is 0.324 e. The maximum Gasteiger partial charge on any atom is 0.250 e. The molecule has 5 rings (SSSR count). The third-order valence-corrected chi connectivity index (χ3v) is 6.60. The van der Waals surface area contributed by atoms with Crippen LogP contribution in [0.4, 0.5) is 5.69 Å². The second-order valence-electron chi connectivity index (χ2n) is 8.01. The molecule has 4 atom stereocenters. The maximum absolute atomic E-state index is 13.5. The third-order valence-electron chi connectivity index (χ3n) is 6.36. The molecule has 3 aromatic rings. The first-order valence-corrected chi connectivity index (χ1v) is 10.4. The number of fused-ring (bicyclic) bond motifs is 2. The average Bonchev–Trinajstić information content (AvgIpc) is 3.26. The highest BCUT2D eigenvalue weighted by Crippen LogP contribution is 2.57. The summed E-state index contributed by atoms with van der Waals surface area (Å²) in [5.41, 5.74) is 2.33. The van der Waals surface area contributed by atoms with Crippen molar-refractivity contribution in [1.82, 2.24) is 5.32 Å². The van der Waals surface area contributed by atoms with Crippen LogP contribution in [0.2, 0.25) is 5.02 Å². The monoisotopic (exact) mass is 416 g/mol. The molecule has 1 saturated heterocycles. The summed E-state index contributed by atoms with van der Waals surface area (Å²) in [5.74, 6) is -1.02. The lowest BCUT2D eigenvalue weighted by Gasteiger charge is -2.30. The van der Waals surface area contributed by atoms with Gasteiger partial charge in [-0.3, -0.25) is 14.9 Å². The van der Waals surface area contributed by atoms with Crippen molar-refractivity contribution in [3.8, 4) is 0 Å². The minimum Gasteiger partial charge on any atom is -0.324 e. The molecule has 1 spiro atoms. The van der Waals surface area contributed by atoms with E-state index in [0.29, 0.717) is 10.7 Å². The Kier molecular flexibility index (Phi) is 4.49. The summed E-state index contributed by atoms with van der Waals surface area (Å²) in [5, 5.41) is 7.11. The maximum atomic E-state index is 13.5. The molecule has 2 aliphatic rings. The van der Waals surface area contributed by atoms with Crippen LogP contribution in [-0.4, -0.2) is 11.7 Å². The summed E-state index contributed by atoms with van der Waals surface area (Å²) in [7, 11) is 0. The molecule has 150 valence electrons. The number of hydrogen-bond donors (Lipinski definition) is 2. The molecule has 0 aliphatic carbocycles. The molecule has 0 aromatic heterocycles. The van der Waals surface area contributed by atoms with Gasteiger partial charge in [0.25, 0.3) is 0 Å². The predicted molar refractivity (Wildman–Crippen MR) is 117 cm³/mol. The molecule has 0 bridgehead atoms. The van der Waals surface area contributed by atoms with E-state index in [-0.39, 0.29) is 23.7 Å². The zero-order valence-electron chi connectivity index (χ0n) is 16.4. The average molecular weight is 417 g/mol. The molecule has 30 heavy (non-hydrogen) atoms. The van der Waals surface area contributed by atoms with Crippen LogP contribution in [-0.2, 0) is 15.1 Å². The fourth-order valence-corrected chi connectivity index (χ4v) is 5.37. The van der Waals surface area contributed by atoms with Crippen molar-refractivity contribution < 1.29 is 9.59 Å². The number of halogens is 1. The second kappa shape index (κ2) is 7.08. The van der Waals surface area contributed by atoms with E-state index in [2.05, 4.69) is 10.6 Å². The van der Waals surface area contributed by atoms with E-state index in [1.54, 1.807) is 25.1 Å². The molecule has 1 fully saturated rings. The van der Waals surface area contributed by atoms with Gasteiger partial charge in [0.2, 0.25) is 5.91 Å². The Morgan fingerprint density at radius 2 is 1.57 bits per heavy atom. The van der Waals surface area contributed by atoms with Gasteiger partial charge in [-0.1, -0.05) is 72.3 Å². The van der Waals surface area contributed by atoms with E-state index >= 15 is 0 Å². The first-order valence-electron chi connectivity index (χ1n) is 10.0. The van der Waals surface area contributed by atoms with E-state index in [1.165, 1.54) is 0 Å². The van der Waals surface area contributed by atoms with Crippen LogP contribution in [0, 0.1) is 5.92 Å². The normalized spacial score (nSPS) is 27.1. The molecule has 5 heteroatoms. The molecule has 3 aromatic carbocycles. The standard InChI is InChI=1S/C25H21ClN2O2/c1-15(29)22-21(16-8-4-2-5-9-16)23(17-10-6-3-7-11-17)28-25(22)19-14-18(26)12-13-20(19)27-24(25)30/h2-14,21-23,28H,1H3,(H,27,30)/t21-,22-,23+,25-/m1/s1. The van der Waals surface area contributed by atoms with Crippen molar-refractivity contribution in [3.63, 3.8) is 0 Å². The third kappa shape index (κ3) is 2.72. The number of carbonyl (C=O) groups excluding carboxylic acids is 2. The van der Waals surface area contributed by atoms with Crippen molar-refractivity contribution in [3.05, 3.63) is 101 Å². The Labute approximate surface area is 180 Å². The van der Waals surface area contributed by atoms with Gasteiger partial charge in [-0.2, -0.15) is 0 Å². The summed E-state index contributed by atoms with van der Waals surface area (Å²) in [6.45, 7) is 1.58. The number of nitrogens with one attached hydrogen (secondary N) is 2. The van der Waals surface area contributed by atoms with Gasteiger partial charge in [-0.05, 0) is 36.2 Å². The Morgan fingerprint density at radius 1 is 0.933 bits per heavy atom. The number of carbonyl (C=O) groups is 2. The summed E-state index contributed by atoms with van der Waals surface area (Å²) in [6.07, 6.45) is 0. The van der Waals surface area contributed by atoms with Crippen molar-refractivity contribution in [1.29, 1.82) is 0 Å². The lowest BCUT2D eigenvalue weighted by molar-refractivity contribution is -0.131. The zero-order chi connectivity index (χ0) is 20.9. The SMILES string of the molecule is CC(=O)[C@@H]1[C@@H](c2ccccc2)[C@H](c2ccccc2)N[C@@]12C(=O)Nc1ccc(Cl)cc12. The number of amides is 1. The van der Waals surface area contributed by atoms with E-state index in [9.17, 15) is 9.59 Å². The van der Waals surface area contributed by atoms with Gasteiger partial charge in [-0.15, -0.1) is 0 Å². The van der Waals surface area contributed by atoms with Gasteiger partial charge in [0, 0.05) is 28.2 Å². The summed E-state index contributed by atoms with van der Waals surface area (Å²) >= 11 is 6.32. The highest BCUT2D eigenvalue weighted by Gasteiger charge is 2.63. The van der Waals surface area contributed by atoms with Crippen LogP contribution in [0.3, 0.4) is 0 Å². The molecular weight excluding hydrogens is 396 g/mol. The van der Waals surface area contributed by atoms with E-state index < -0.39 is 11.5 Å². The molecule has 0 radical (unpaired) electrons. The summed E-state index contributed by atoms with van der Waals surface area (Å²) in [4.78, 5) is 26.6. The van der Waals surface area contributed by atoms with E-state index in [4.69, 9.17) is 11.6 Å². The number of ketones is 1. The van der Waals surface area contributed by atoms with Crippen molar-refractivity contribution in [2.75, 3.05) is 5.32 Å². The topological polar surface area (TPSA) is 58.2 Å². The number of benzene rings is 3. The Bertz CT molecular complexity index is 1130. The Hall–Kier alpha value is -2.95. The van der Waals surface area contributed by atoms with Crippen molar-refractivity contribution >= 4 is 29.0 Å². The molecule has 2 aliphatic heterocycles. The fraction of sp³-hybridized carbons (Fsp3) is 0.200.